The second kappa shape index (κ2) is 13.0. The minimum absolute atomic E-state index is 0.567. The fourth-order valence-corrected chi connectivity index (χ4v) is 7.89. The molecular formula is C50H31N5O. The smallest absolute Gasteiger partial charge is 0.227 e. The van der Waals surface area contributed by atoms with Gasteiger partial charge in [0.2, 0.25) is 5.89 Å². The SMILES string of the molecule is c1ccc(-c2cccc(-c3nc(-c4ccccc4)nc(-c4cc5c(c6ccccc6n5-c5ccccc5)c5c4ccc4nc(-c6ccccc6)oc45)n3)c2)cc1. The van der Waals surface area contributed by atoms with Gasteiger partial charge >= 0.3 is 0 Å². The van der Waals surface area contributed by atoms with Crippen molar-refractivity contribution in [3.8, 4) is 62.4 Å². The van der Waals surface area contributed by atoms with Gasteiger partial charge in [-0.25, -0.2) is 19.9 Å². The van der Waals surface area contributed by atoms with Crippen molar-refractivity contribution in [2.75, 3.05) is 0 Å². The van der Waals surface area contributed by atoms with Crippen LogP contribution < -0.4 is 0 Å². The van der Waals surface area contributed by atoms with E-state index in [9.17, 15) is 0 Å². The first-order valence-corrected chi connectivity index (χ1v) is 18.6. The minimum atomic E-state index is 0.567. The van der Waals surface area contributed by atoms with Crippen LogP contribution in [0.1, 0.15) is 0 Å². The van der Waals surface area contributed by atoms with Gasteiger partial charge in [0.15, 0.2) is 23.1 Å². The van der Waals surface area contributed by atoms with Gasteiger partial charge in [0.1, 0.15) is 5.52 Å². The van der Waals surface area contributed by atoms with E-state index in [2.05, 4.69) is 114 Å². The number of oxazole rings is 1. The lowest BCUT2D eigenvalue weighted by atomic mass is 9.97. The van der Waals surface area contributed by atoms with Gasteiger partial charge in [-0.2, -0.15) is 0 Å². The molecule has 0 bridgehead atoms. The van der Waals surface area contributed by atoms with Crippen LogP contribution in [0, 0.1) is 0 Å². The molecule has 0 unspecified atom stereocenters. The monoisotopic (exact) mass is 717 g/mol. The Hall–Kier alpha value is -7.70. The van der Waals surface area contributed by atoms with E-state index >= 15 is 0 Å². The van der Waals surface area contributed by atoms with E-state index in [0.717, 1.165) is 82.7 Å². The maximum atomic E-state index is 6.80. The highest BCUT2D eigenvalue weighted by molar-refractivity contribution is 6.29. The molecular weight excluding hydrogens is 687 g/mol. The number of fused-ring (bicyclic) bond motifs is 7. The molecule has 0 saturated carbocycles. The number of aromatic nitrogens is 5. The summed E-state index contributed by atoms with van der Waals surface area (Å²) in [6, 6.07) is 64.4. The molecule has 0 radical (unpaired) electrons. The van der Waals surface area contributed by atoms with Crippen LogP contribution >= 0.6 is 0 Å². The minimum Gasteiger partial charge on any atom is -0.435 e. The normalized spacial score (nSPS) is 11.6. The predicted octanol–water partition coefficient (Wildman–Crippen LogP) is 12.6. The van der Waals surface area contributed by atoms with Crippen molar-refractivity contribution in [1.82, 2.24) is 24.5 Å². The number of para-hydroxylation sites is 2. The molecule has 0 aliphatic rings. The van der Waals surface area contributed by atoms with Crippen molar-refractivity contribution in [1.29, 1.82) is 0 Å². The van der Waals surface area contributed by atoms with Crippen LogP contribution in [0.3, 0.4) is 0 Å². The van der Waals surface area contributed by atoms with Gasteiger partial charge in [0.25, 0.3) is 0 Å². The van der Waals surface area contributed by atoms with Gasteiger partial charge in [0, 0.05) is 44.1 Å². The lowest BCUT2D eigenvalue weighted by Crippen LogP contribution is -2.01. The van der Waals surface area contributed by atoms with Gasteiger partial charge in [-0.1, -0.05) is 140 Å². The lowest BCUT2D eigenvalue weighted by molar-refractivity contribution is 0.623. The maximum absolute atomic E-state index is 6.80. The second-order valence-corrected chi connectivity index (χ2v) is 13.8. The molecule has 0 fully saturated rings. The average molecular weight is 718 g/mol. The Morgan fingerprint density at radius 1 is 0.375 bits per heavy atom. The highest BCUT2D eigenvalue weighted by Gasteiger charge is 2.24. The molecule has 262 valence electrons. The maximum Gasteiger partial charge on any atom is 0.227 e. The van der Waals surface area contributed by atoms with Crippen LogP contribution in [0.25, 0.3) is 106 Å². The molecule has 0 amide bonds. The summed E-state index contributed by atoms with van der Waals surface area (Å²) in [5.41, 5.74) is 10.5. The molecule has 0 aliphatic heterocycles. The van der Waals surface area contributed by atoms with Crippen molar-refractivity contribution in [3.05, 3.63) is 188 Å². The number of nitrogens with zero attached hydrogens (tertiary/aromatic N) is 5. The van der Waals surface area contributed by atoms with E-state index < -0.39 is 0 Å². The zero-order valence-electron chi connectivity index (χ0n) is 30.0. The summed E-state index contributed by atoms with van der Waals surface area (Å²) in [5, 5.41) is 4.13. The Labute approximate surface area is 322 Å². The Morgan fingerprint density at radius 2 is 0.964 bits per heavy atom. The second-order valence-electron chi connectivity index (χ2n) is 13.8. The Balaban J connectivity index is 1.25. The molecule has 3 aromatic heterocycles. The van der Waals surface area contributed by atoms with Crippen LogP contribution in [0.2, 0.25) is 0 Å². The van der Waals surface area contributed by atoms with E-state index in [1.165, 1.54) is 0 Å². The van der Waals surface area contributed by atoms with E-state index in [0.29, 0.717) is 23.4 Å². The van der Waals surface area contributed by atoms with Crippen LogP contribution in [-0.2, 0) is 0 Å². The molecule has 11 aromatic rings. The van der Waals surface area contributed by atoms with Crippen LogP contribution in [0.5, 0.6) is 0 Å². The molecule has 0 N–H and O–H groups in total. The van der Waals surface area contributed by atoms with Crippen molar-refractivity contribution < 1.29 is 4.42 Å². The van der Waals surface area contributed by atoms with Crippen molar-refractivity contribution in [3.63, 3.8) is 0 Å². The molecule has 0 atom stereocenters. The summed E-state index contributed by atoms with van der Waals surface area (Å²) in [7, 11) is 0. The lowest BCUT2D eigenvalue weighted by Gasteiger charge is -2.13. The fourth-order valence-electron chi connectivity index (χ4n) is 7.89. The summed E-state index contributed by atoms with van der Waals surface area (Å²) in [5.74, 6) is 2.33. The van der Waals surface area contributed by atoms with Gasteiger partial charge < -0.3 is 8.98 Å². The molecule has 0 aliphatic carbocycles. The highest BCUT2D eigenvalue weighted by Crippen LogP contribution is 2.44. The quantitative estimate of drug-likeness (QED) is 0.171. The standard InChI is InChI=1S/C50H31N5O/c1-5-16-32(17-6-1)35-22-15-23-36(30-35)48-52-47(33-18-7-2-8-19-33)53-49(54-48)40-31-43-44(39-26-13-14-27-42(39)55(43)37-24-11-4-12-25-37)45-38(40)28-29-41-46(45)56-50(51-41)34-20-9-3-10-21-34/h1-31H. The summed E-state index contributed by atoms with van der Waals surface area (Å²) in [6.45, 7) is 0. The van der Waals surface area contributed by atoms with E-state index in [4.69, 9.17) is 24.4 Å². The Kier molecular flexibility index (Phi) is 7.38. The van der Waals surface area contributed by atoms with E-state index in [1.807, 2.05) is 78.9 Å². The third-order valence-corrected chi connectivity index (χ3v) is 10.5. The van der Waals surface area contributed by atoms with Gasteiger partial charge in [-0.15, -0.1) is 0 Å². The topological polar surface area (TPSA) is 69.6 Å². The molecule has 6 heteroatoms. The third-order valence-electron chi connectivity index (χ3n) is 10.5. The highest BCUT2D eigenvalue weighted by atomic mass is 16.3. The number of benzene rings is 8. The van der Waals surface area contributed by atoms with Crippen LogP contribution in [-0.4, -0.2) is 24.5 Å². The Bertz CT molecular complexity index is 3230. The summed E-state index contributed by atoms with van der Waals surface area (Å²) in [6.07, 6.45) is 0. The molecule has 8 aromatic carbocycles. The summed E-state index contributed by atoms with van der Waals surface area (Å²) >= 11 is 0. The van der Waals surface area contributed by atoms with E-state index in [1.54, 1.807) is 0 Å². The zero-order valence-corrected chi connectivity index (χ0v) is 30.0. The molecule has 11 rings (SSSR count). The van der Waals surface area contributed by atoms with Gasteiger partial charge in [0.05, 0.1) is 11.0 Å². The van der Waals surface area contributed by atoms with Gasteiger partial charge in [-0.3, -0.25) is 0 Å². The largest absolute Gasteiger partial charge is 0.435 e. The molecule has 3 heterocycles. The summed E-state index contributed by atoms with van der Waals surface area (Å²) < 4.78 is 9.12. The molecule has 0 saturated heterocycles. The van der Waals surface area contributed by atoms with Crippen molar-refractivity contribution in [2.45, 2.75) is 0 Å². The van der Waals surface area contributed by atoms with E-state index in [-0.39, 0.29) is 0 Å². The van der Waals surface area contributed by atoms with Crippen LogP contribution in [0.15, 0.2) is 192 Å². The van der Waals surface area contributed by atoms with Crippen molar-refractivity contribution in [2.24, 2.45) is 0 Å². The van der Waals surface area contributed by atoms with Crippen LogP contribution in [0.4, 0.5) is 0 Å². The molecule has 6 nitrogen and oxygen atoms in total. The number of hydrogen-bond donors (Lipinski definition) is 0. The number of hydrogen-bond acceptors (Lipinski definition) is 5. The fraction of sp³-hybridized carbons (Fsp3) is 0. The Morgan fingerprint density at radius 3 is 1.71 bits per heavy atom. The third kappa shape index (κ3) is 5.27. The van der Waals surface area contributed by atoms with Crippen molar-refractivity contribution >= 4 is 43.7 Å². The average Bonchev–Trinajstić information content (AvgIpc) is 3.87. The first kappa shape index (κ1) is 31.8. The zero-order chi connectivity index (χ0) is 37.0. The first-order valence-electron chi connectivity index (χ1n) is 18.6. The summed E-state index contributed by atoms with van der Waals surface area (Å²) in [4.78, 5) is 20.7. The molecule has 56 heavy (non-hydrogen) atoms. The predicted molar refractivity (Wildman–Crippen MR) is 226 cm³/mol. The van der Waals surface area contributed by atoms with Gasteiger partial charge in [-0.05, 0) is 65.0 Å². The molecule has 0 spiro atoms. The number of rotatable bonds is 6. The first-order chi connectivity index (χ1) is 27.8.